The first-order valence-electron chi connectivity index (χ1n) is 15.9. The van der Waals surface area contributed by atoms with Crippen LogP contribution < -0.4 is 5.73 Å². The predicted octanol–water partition coefficient (Wildman–Crippen LogP) is 4.23. The van der Waals surface area contributed by atoms with Gasteiger partial charge in [0.15, 0.2) is 11.6 Å². The minimum Gasteiger partial charge on any atom is -0.465 e. The second kappa shape index (κ2) is 14.6. The van der Waals surface area contributed by atoms with Crippen LogP contribution in [0.1, 0.15) is 115 Å². The number of carbonyl (C=O) groups excluding carboxylic acids is 2. The van der Waals surface area contributed by atoms with Crippen LogP contribution in [0.15, 0.2) is 0 Å². The van der Waals surface area contributed by atoms with Crippen molar-refractivity contribution in [3.05, 3.63) is 0 Å². The van der Waals surface area contributed by atoms with Gasteiger partial charge in [-0.25, -0.2) is 0 Å². The van der Waals surface area contributed by atoms with E-state index >= 15 is 0 Å². The average molecular weight is 632 g/mol. The highest BCUT2D eigenvalue weighted by Gasteiger charge is 2.48. The molecule has 44 heavy (non-hydrogen) atoms. The summed E-state index contributed by atoms with van der Waals surface area (Å²) in [5.41, 5.74) is 5.64. The maximum atomic E-state index is 12.5. The molecule has 11 heteroatoms. The first kappa shape index (κ1) is 38.8. The fraction of sp³-hybridized carbons (Fsp3) is 0.939. The molecule has 0 amide bonds. The maximum absolute atomic E-state index is 12.5. The zero-order valence-electron chi connectivity index (χ0n) is 29.1. The summed E-state index contributed by atoms with van der Waals surface area (Å²) in [6.45, 7) is 22.6. The molecule has 2 aliphatic heterocycles. The normalized spacial score (nSPS) is 29.2. The van der Waals surface area contributed by atoms with E-state index in [0.717, 1.165) is 6.42 Å². The quantitative estimate of drug-likeness (QED) is 0.222. The van der Waals surface area contributed by atoms with Gasteiger partial charge >= 0.3 is 11.9 Å². The van der Waals surface area contributed by atoms with Crippen LogP contribution in [0.4, 0.5) is 0 Å². The van der Waals surface area contributed by atoms with Crippen molar-refractivity contribution in [3.8, 4) is 0 Å². The van der Waals surface area contributed by atoms with Crippen LogP contribution in [0.3, 0.4) is 0 Å². The van der Waals surface area contributed by atoms with E-state index in [4.69, 9.17) is 34.2 Å². The third-order valence-electron chi connectivity index (χ3n) is 7.72. The molecule has 258 valence electrons. The third kappa shape index (κ3) is 13.6. The van der Waals surface area contributed by atoms with Crippen LogP contribution in [-0.4, -0.2) is 90.1 Å². The van der Waals surface area contributed by atoms with E-state index < -0.39 is 47.5 Å². The molecule has 11 nitrogen and oxygen atoms in total. The smallest absolute Gasteiger partial charge is 0.306 e. The molecule has 0 aromatic carbocycles. The van der Waals surface area contributed by atoms with Crippen LogP contribution in [0.25, 0.3) is 0 Å². The summed E-state index contributed by atoms with van der Waals surface area (Å²) in [7, 11) is 0. The van der Waals surface area contributed by atoms with Gasteiger partial charge in [-0.2, -0.15) is 0 Å². The molecule has 0 aromatic rings. The lowest BCUT2D eigenvalue weighted by Crippen LogP contribution is -2.47. The van der Waals surface area contributed by atoms with Crippen molar-refractivity contribution in [2.75, 3.05) is 26.4 Å². The SMILES string of the molecule is CC(C)(C)CC(C)(C)COC(=O)CCC1(C)OCC(C(O)C(O)C2COC(C)(CCC(=O)OCC(C)(N)CC(C)(C)C)O2)O1. The molecule has 0 radical (unpaired) electrons. The van der Waals surface area contributed by atoms with Crippen LogP contribution in [0, 0.1) is 16.2 Å². The third-order valence-corrected chi connectivity index (χ3v) is 7.72. The lowest BCUT2D eigenvalue weighted by Gasteiger charge is -2.32. The highest BCUT2D eigenvalue weighted by molar-refractivity contribution is 5.69. The molecule has 2 rings (SSSR count). The van der Waals surface area contributed by atoms with Gasteiger partial charge in [0.25, 0.3) is 0 Å². The van der Waals surface area contributed by atoms with E-state index in [1.54, 1.807) is 13.8 Å². The standard InChI is InChI=1S/C33H61NO10/c1-28(2,3)18-30(7,8)20-39-24(35)12-14-32(10)41-16-22(43-32)26(37)27(38)23-17-42-33(11,44-23)15-13-25(36)40-21-31(9,34)19-29(4,5)6/h22-23,26-27,37-38H,12-21,34H2,1-11H3. The second-order valence-corrected chi connectivity index (χ2v) is 16.8. The van der Waals surface area contributed by atoms with Gasteiger partial charge in [-0.05, 0) is 49.9 Å². The van der Waals surface area contributed by atoms with Gasteiger partial charge in [0.2, 0.25) is 0 Å². The summed E-state index contributed by atoms with van der Waals surface area (Å²) in [4.78, 5) is 24.9. The van der Waals surface area contributed by atoms with Gasteiger partial charge in [-0.3, -0.25) is 9.59 Å². The van der Waals surface area contributed by atoms with Crippen molar-refractivity contribution in [1.82, 2.24) is 0 Å². The van der Waals surface area contributed by atoms with Crippen LogP contribution >= 0.6 is 0 Å². The zero-order chi connectivity index (χ0) is 33.8. The average Bonchev–Trinajstić information content (AvgIpc) is 3.44. The Balaban J connectivity index is 1.77. The van der Waals surface area contributed by atoms with E-state index in [2.05, 4.69) is 55.4 Å². The van der Waals surface area contributed by atoms with E-state index in [1.807, 2.05) is 6.92 Å². The lowest BCUT2D eigenvalue weighted by molar-refractivity contribution is -0.199. The van der Waals surface area contributed by atoms with Gasteiger partial charge in [0.1, 0.15) is 31.0 Å². The van der Waals surface area contributed by atoms with Gasteiger partial charge in [-0.15, -0.1) is 0 Å². The van der Waals surface area contributed by atoms with Crippen molar-refractivity contribution in [3.63, 3.8) is 0 Å². The Morgan fingerprint density at radius 3 is 1.52 bits per heavy atom. The van der Waals surface area contributed by atoms with Crippen molar-refractivity contribution in [1.29, 1.82) is 0 Å². The summed E-state index contributed by atoms with van der Waals surface area (Å²) in [5.74, 6) is -3.00. The fourth-order valence-corrected chi connectivity index (χ4v) is 6.41. The number of nitrogens with two attached hydrogens (primary N) is 1. The molecule has 0 aromatic heterocycles. The number of hydrogen-bond acceptors (Lipinski definition) is 11. The van der Waals surface area contributed by atoms with Crippen molar-refractivity contribution in [2.24, 2.45) is 22.0 Å². The Kier molecular flexibility index (Phi) is 12.9. The Bertz CT molecular complexity index is 879. The summed E-state index contributed by atoms with van der Waals surface area (Å²) in [6.07, 6.45) is -2.15. The summed E-state index contributed by atoms with van der Waals surface area (Å²) < 4.78 is 34.4. The molecular formula is C33H61NO10. The maximum Gasteiger partial charge on any atom is 0.306 e. The van der Waals surface area contributed by atoms with Gasteiger partial charge in [0.05, 0.1) is 32.7 Å². The molecule has 2 heterocycles. The second-order valence-electron chi connectivity index (χ2n) is 16.8. The Labute approximate surface area is 264 Å². The van der Waals surface area contributed by atoms with E-state index in [9.17, 15) is 19.8 Å². The molecule has 2 fully saturated rings. The molecular weight excluding hydrogens is 570 g/mol. The summed E-state index contributed by atoms with van der Waals surface area (Å²) >= 11 is 0. The van der Waals surface area contributed by atoms with Gasteiger partial charge in [0, 0.05) is 18.4 Å². The predicted molar refractivity (Wildman–Crippen MR) is 165 cm³/mol. The van der Waals surface area contributed by atoms with Crippen molar-refractivity contribution >= 4 is 11.9 Å². The number of hydrogen-bond donors (Lipinski definition) is 3. The first-order valence-corrected chi connectivity index (χ1v) is 15.9. The molecule has 2 aliphatic rings. The molecule has 7 unspecified atom stereocenters. The monoisotopic (exact) mass is 631 g/mol. The largest absolute Gasteiger partial charge is 0.465 e. The van der Waals surface area contributed by atoms with E-state index in [1.165, 1.54) is 0 Å². The molecule has 0 saturated carbocycles. The topological polar surface area (TPSA) is 156 Å². The van der Waals surface area contributed by atoms with Gasteiger partial charge in [-0.1, -0.05) is 55.4 Å². The highest BCUT2D eigenvalue weighted by atomic mass is 16.8. The van der Waals surface area contributed by atoms with Crippen molar-refractivity contribution < 1.29 is 48.2 Å². The Morgan fingerprint density at radius 1 is 0.750 bits per heavy atom. The van der Waals surface area contributed by atoms with Crippen molar-refractivity contribution in [2.45, 2.75) is 156 Å². The molecule has 0 aliphatic carbocycles. The summed E-state index contributed by atoms with van der Waals surface area (Å²) in [5, 5.41) is 21.8. The van der Waals surface area contributed by atoms with Crippen LogP contribution in [0.5, 0.6) is 0 Å². The molecule has 2 saturated heterocycles. The number of esters is 2. The molecule has 0 spiro atoms. The minimum atomic E-state index is -1.33. The fourth-order valence-electron chi connectivity index (χ4n) is 6.41. The van der Waals surface area contributed by atoms with E-state index in [-0.39, 0.29) is 67.7 Å². The Morgan fingerprint density at radius 2 is 1.14 bits per heavy atom. The number of aliphatic hydroxyl groups excluding tert-OH is 2. The van der Waals surface area contributed by atoms with E-state index in [0.29, 0.717) is 13.0 Å². The number of aliphatic hydroxyl groups is 2. The Hall–Kier alpha value is -1.34. The molecule has 7 atom stereocenters. The van der Waals surface area contributed by atoms with Gasteiger partial charge < -0.3 is 44.4 Å². The minimum absolute atomic E-state index is 0.000841. The number of rotatable bonds is 15. The molecule has 4 N–H and O–H groups in total. The summed E-state index contributed by atoms with van der Waals surface area (Å²) in [6, 6.07) is 0. The number of carbonyl (C=O) groups is 2. The number of ether oxygens (including phenoxy) is 6. The lowest BCUT2D eigenvalue weighted by atomic mass is 9.77. The first-order chi connectivity index (χ1) is 19.8. The highest BCUT2D eigenvalue weighted by Crippen LogP contribution is 2.36. The molecule has 0 bridgehead atoms. The van der Waals surface area contributed by atoms with Crippen LogP contribution in [-0.2, 0) is 38.0 Å². The van der Waals surface area contributed by atoms with Crippen LogP contribution in [0.2, 0.25) is 0 Å². The zero-order valence-corrected chi connectivity index (χ0v) is 29.1.